The van der Waals surface area contributed by atoms with Gasteiger partial charge < -0.3 is 9.84 Å². The number of rotatable bonds is 2. The van der Waals surface area contributed by atoms with Crippen LogP contribution < -0.4 is 4.74 Å². The van der Waals surface area contributed by atoms with Crippen molar-refractivity contribution in [2.45, 2.75) is 71.3 Å². The van der Waals surface area contributed by atoms with E-state index >= 15 is 0 Å². The van der Waals surface area contributed by atoms with Gasteiger partial charge in [-0.05, 0) is 110 Å². The summed E-state index contributed by atoms with van der Waals surface area (Å²) in [5.41, 5.74) is 2.29. The van der Waals surface area contributed by atoms with E-state index in [2.05, 4.69) is 19.9 Å². The van der Waals surface area contributed by atoms with Crippen molar-refractivity contribution in [1.82, 2.24) is 0 Å². The topological polar surface area (TPSA) is 46.5 Å². The quantitative estimate of drug-likeness (QED) is 0.642. The second-order valence-corrected chi connectivity index (χ2v) is 11.0. The molecule has 0 amide bonds. The molecule has 1 aromatic carbocycles. The van der Waals surface area contributed by atoms with Crippen molar-refractivity contribution < 1.29 is 14.6 Å². The molecule has 5 rings (SSSR count). The Morgan fingerprint density at radius 3 is 2.53 bits per heavy atom. The molecule has 1 N–H and O–H groups in total. The van der Waals surface area contributed by atoms with Gasteiger partial charge in [-0.3, -0.25) is 4.79 Å². The lowest BCUT2D eigenvalue weighted by Crippen LogP contribution is -2.54. The molecule has 0 radical (unpaired) electrons. The molecular formula is C27H36O3. The van der Waals surface area contributed by atoms with Gasteiger partial charge in [-0.2, -0.15) is 0 Å². The Hall–Kier alpha value is -1.61. The van der Waals surface area contributed by atoms with E-state index in [4.69, 9.17) is 4.74 Å². The molecular weight excluding hydrogens is 372 g/mol. The molecule has 0 unspecified atom stereocenters. The number of allylic oxidation sites excluding steroid dienone is 1. The molecule has 0 spiro atoms. The lowest BCUT2D eigenvalue weighted by molar-refractivity contribution is -0.141. The number of benzene rings is 1. The molecule has 7 atom stereocenters. The highest BCUT2D eigenvalue weighted by molar-refractivity contribution is 6.05. The second kappa shape index (κ2) is 7.22. The van der Waals surface area contributed by atoms with Crippen LogP contribution in [0, 0.1) is 34.5 Å². The van der Waals surface area contributed by atoms with Crippen LogP contribution in [-0.4, -0.2) is 24.1 Å². The molecule has 162 valence electrons. The fourth-order valence-corrected chi connectivity index (χ4v) is 7.94. The van der Waals surface area contributed by atoms with Gasteiger partial charge >= 0.3 is 0 Å². The van der Waals surface area contributed by atoms with Crippen molar-refractivity contribution in [2.75, 3.05) is 7.11 Å². The molecule has 4 aliphatic carbocycles. The number of ketones is 1. The molecule has 3 heteroatoms. The van der Waals surface area contributed by atoms with Gasteiger partial charge in [-0.1, -0.05) is 26.0 Å². The lowest BCUT2D eigenvalue weighted by Gasteiger charge is -2.59. The minimum atomic E-state index is -0.184. The van der Waals surface area contributed by atoms with Crippen molar-refractivity contribution in [3.63, 3.8) is 0 Å². The number of ether oxygens (including phenoxy) is 1. The van der Waals surface area contributed by atoms with Crippen LogP contribution >= 0.6 is 0 Å². The molecule has 0 aromatic heterocycles. The molecule has 3 nitrogen and oxygen atoms in total. The average molecular weight is 409 g/mol. The van der Waals surface area contributed by atoms with Gasteiger partial charge in [0.05, 0.1) is 13.2 Å². The van der Waals surface area contributed by atoms with Crippen LogP contribution in [0.15, 0.2) is 29.8 Å². The molecule has 0 saturated heterocycles. The summed E-state index contributed by atoms with van der Waals surface area (Å²) in [4.78, 5) is 13.5. The van der Waals surface area contributed by atoms with Crippen molar-refractivity contribution in [1.29, 1.82) is 0 Å². The number of carbonyl (C=O) groups excluding carboxylic acids is 1. The van der Waals surface area contributed by atoms with Gasteiger partial charge in [0, 0.05) is 5.41 Å². The number of methoxy groups -OCH3 is 1. The third kappa shape index (κ3) is 2.99. The first kappa shape index (κ1) is 20.3. The van der Waals surface area contributed by atoms with Gasteiger partial charge in [-0.15, -0.1) is 0 Å². The molecule has 0 heterocycles. The first-order chi connectivity index (χ1) is 14.3. The maximum Gasteiger partial charge on any atom is 0.165 e. The van der Waals surface area contributed by atoms with E-state index in [-0.39, 0.29) is 11.5 Å². The van der Waals surface area contributed by atoms with Gasteiger partial charge in [0.15, 0.2) is 5.78 Å². The molecule has 4 aliphatic rings. The van der Waals surface area contributed by atoms with Gasteiger partial charge in [0.1, 0.15) is 5.75 Å². The summed E-state index contributed by atoms with van der Waals surface area (Å²) in [5.74, 6) is 3.77. The predicted molar refractivity (Wildman–Crippen MR) is 119 cm³/mol. The van der Waals surface area contributed by atoms with Crippen LogP contribution in [0.3, 0.4) is 0 Å². The number of hydrogen-bond acceptors (Lipinski definition) is 3. The van der Waals surface area contributed by atoms with Crippen molar-refractivity contribution in [2.24, 2.45) is 34.5 Å². The highest BCUT2D eigenvalue weighted by Crippen LogP contribution is 2.66. The Kier molecular flexibility index (Phi) is 4.89. The maximum absolute atomic E-state index is 13.5. The first-order valence-electron chi connectivity index (χ1n) is 11.9. The van der Waals surface area contributed by atoms with Crippen LogP contribution in [0.2, 0.25) is 0 Å². The molecule has 0 bridgehead atoms. The van der Waals surface area contributed by atoms with Gasteiger partial charge in [0.25, 0.3) is 0 Å². The SMILES string of the molecule is COc1ccc(/C=C2\C[C@H]3[C@@H]4CC[C@@H]5C[C@@H](O)CC[C@]5(C)[C@H]4CC[C@]3(C)C2=O)cc1. The van der Waals surface area contributed by atoms with E-state index in [1.165, 1.54) is 19.3 Å². The molecule has 30 heavy (non-hydrogen) atoms. The summed E-state index contributed by atoms with van der Waals surface area (Å²) >= 11 is 0. The van der Waals surface area contributed by atoms with Crippen LogP contribution in [0.1, 0.15) is 70.8 Å². The van der Waals surface area contributed by atoms with Crippen molar-refractivity contribution in [3.05, 3.63) is 35.4 Å². The third-order valence-corrected chi connectivity index (χ3v) is 9.73. The van der Waals surface area contributed by atoms with E-state index in [0.29, 0.717) is 29.0 Å². The minimum absolute atomic E-state index is 0.0967. The predicted octanol–water partition coefficient (Wildman–Crippen LogP) is 5.66. The van der Waals surface area contributed by atoms with E-state index in [1.807, 2.05) is 24.3 Å². The Morgan fingerprint density at radius 2 is 1.80 bits per heavy atom. The fourth-order valence-electron chi connectivity index (χ4n) is 7.94. The van der Waals surface area contributed by atoms with Crippen LogP contribution in [-0.2, 0) is 4.79 Å². The van der Waals surface area contributed by atoms with E-state index in [1.54, 1.807) is 7.11 Å². The average Bonchev–Trinajstić information content (AvgIpc) is 3.00. The highest BCUT2D eigenvalue weighted by atomic mass is 16.5. The number of carbonyl (C=O) groups is 1. The summed E-state index contributed by atoms with van der Waals surface area (Å²) < 4.78 is 5.27. The lowest BCUT2D eigenvalue weighted by atomic mass is 9.45. The van der Waals surface area contributed by atoms with Gasteiger partial charge in [0.2, 0.25) is 0 Å². The van der Waals surface area contributed by atoms with Crippen molar-refractivity contribution >= 4 is 11.9 Å². The normalized spacial score (nSPS) is 44.3. The summed E-state index contributed by atoms with van der Waals surface area (Å²) in [6, 6.07) is 8.03. The molecule has 4 fully saturated rings. The number of Topliss-reactive ketones (excluding diaryl/α,β-unsaturated/α-hetero) is 1. The van der Waals surface area contributed by atoms with E-state index in [9.17, 15) is 9.90 Å². The molecule has 1 aromatic rings. The second-order valence-electron chi connectivity index (χ2n) is 11.0. The van der Waals surface area contributed by atoms with Crippen LogP contribution in [0.5, 0.6) is 5.75 Å². The highest BCUT2D eigenvalue weighted by Gasteiger charge is 2.61. The van der Waals surface area contributed by atoms with Crippen molar-refractivity contribution in [3.8, 4) is 5.75 Å². The Bertz CT molecular complexity index is 855. The largest absolute Gasteiger partial charge is 0.497 e. The molecule has 0 aliphatic heterocycles. The third-order valence-electron chi connectivity index (χ3n) is 9.73. The Labute approximate surface area is 180 Å². The Morgan fingerprint density at radius 1 is 1.03 bits per heavy atom. The number of aliphatic hydroxyl groups is 1. The summed E-state index contributed by atoms with van der Waals surface area (Å²) in [6.07, 6.45) is 10.8. The minimum Gasteiger partial charge on any atom is -0.497 e. The van der Waals surface area contributed by atoms with Crippen LogP contribution in [0.4, 0.5) is 0 Å². The number of fused-ring (bicyclic) bond motifs is 5. The zero-order valence-corrected chi connectivity index (χ0v) is 18.7. The maximum atomic E-state index is 13.5. The zero-order valence-electron chi connectivity index (χ0n) is 18.7. The monoisotopic (exact) mass is 408 g/mol. The van der Waals surface area contributed by atoms with Gasteiger partial charge in [-0.25, -0.2) is 0 Å². The summed E-state index contributed by atoms with van der Waals surface area (Å²) in [5, 5.41) is 10.2. The smallest absolute Gasteiger partial charge is 0.165 e. The first-order valence-corrected chi connectivity index (χ1v) is 11.9. The number of hydrogen-bond donors (Lipinski definition) is 1. The van der Waals surface area contributed by atoms with Crippen LogP contribution in [0.25, 0.3) is 6.08 Å². The zero-order chi connectivity index (χ0) is 21.1. The standard InChI is InChI=1S/C27H36O3/c1-26-12-10-20(28)16-19(26)6-9-22-23(26)11-13-27(2)24(22)15-18(25(27)29)14-17-4-7-21(30-3)8-5-17/h4-5,7-8,14,19-20,22-24,28H,6,9-13,15-16H2,1-3H3/b18-14+/t19-,20+,22-,23+,24+,26+,27+/m1/s1. The summed E-state index contributed by atoms with van der Waals surface area (Å²) in [7, 11) is 1.68. The number of aliphatic hydroxyl groups excluding tert-OH is 1. The summed E-state index contributed by atoms with van der Waals surface area (Å²) in [6.45, 7) is 4.76. The van der Waals surface area contributed by atoms with E-state index < -0.39 is 0 Å². The Balaban J connectivity index is 1.42. The molecule has 4 saturated carbocycles. The van der Waals surface area contributed by atoms with E-state index in [0.717, 1.165) is 54.9 Å². The fraction of sp³-hybridized carbons (Fsp3) is 0.667.